The summed E-state index contributed by atoms with van der Waals surface area (Å²) in [5.74, 6) is 1.73. The summed E-state index contributed by atoms with van der Waals surface area (Å²) in [7, 11) is 1.60. The third-order valence-electron chi connectivity index (χ3n) is 4.64. The van der Waals surface area contributed by atoms with Crippen molar-refractivity contribution in [2.24, 2.45) is 0 Å². The number of hydrogen-bond donors (Lipinski definition) is 1. The fourth-order valence-electron chi connectivity index (χ4n) is 3.23. The maximum atomic E-state index is 12.6. The highest BCUT2D eigenvalue weighted by molar-refractivity contribution is 5.99. The van der Waals surface area contributed by atoms with Crippen LogP contribution in [-0.2, 0) is 4.79 Å². The number of nitrogens with one attached hydrogen (secondary N) is 1. The molecular formula is C20H21N3O5. The average Bonchev–Trinajstić information content (AvgIpc) is 3.08. The summed E-state index contributed by atoms with van der Waals surface area (Å²) in [5, 5.41) is 2.81. The molecule has 0 unspecified atom stereocenters. The summed E-state index contributed by atoms with van der Waals surface area (Å²) >= 11 is 0. The molecule has 2 aromatic rings. The molecule has 0 radical (unpaired) electrons. The summed E-state index contributed by atoms with van der Waals surface area (Å²) in [6.45, 7) is 2.00. The Morgan fingerprint density at radius 1 is 1.07 bits per heavy atom. The second-order valence-corrected chi connectivity index (χ2v) is 6.46. The van der Waals surface area contributed by atoms with Crippen LogP contribution in [0.5, 0.6) is 17.2 Å². The first-order valence-electron chi connectivity index (χ1n) is 9.04. The molecule has 2 heterocycles. The first-order chi connectivity index (χ1) is 13.6. The molecule has 0 bridgehead atoms. The molecule has 146 valence electrons. The first kappa shape index (κ1) is 18.0. The molecule has 0 saturated carbocycles. The van der Waals surface area contributed by atoms with Gasteiger partial charge in [-0.2, -0.15) is 0 Å². The number of amides is 3. The van der Waals surface area contributed by atoms with E-state index in [1.165, 1.54) is 4.90 Å². The van der Waals surface area contributed by atoms with Crippen molar-refractivity contribution in [3.8, 4) is 17.2 Å². The van der Waals surface area contributed by atoms with Crippen LogP contribution < -0.4 is 24.4 Å². The third-order valence-corrected chi connectivity index (χ3v) is 4.64. The molecule has 4 rings (SSSR count). The van der Waals surface area contributed by atoms with Gasteiger partial charge in [0.1, 0.15) is 25.5 Å². The van der Waals surface area contributed by atoms with Crippen LogP contribution in [0.1, 0.15) is 0 Å². The number of ether oxygens (including phenoxy) is 3. The minimum Gasteiger partial charge on any atom is -0.497 e. The van der Waals surface area contributed by atoms with Crippen LogP contribution in [0.15, 0.2) is 42.5 Å². The Kier molecular flexibility index (Phi) is 4.92. The third kappa shape index (κ3) is 3.66. The number of carbonyl (C=O) groups excluding carboxylic acids is 2. The molecule has 0 aromatic heterocycles. The lowest BCUT2D eigenvalue weighted by molar-refractivity contribution is -0.116. The molecule has 0 atom stereocenters. The summed E-state index contributed by atoms with van der Waals surface area (Å²) in [4.78, 5) is 28.2. The molecule has 0 spiro atoms. The molecule has 1 saturated heterocycles. The predicted octanol–water partition coefficient (Wildman–Crippen LogP) is 2.35. The van der Waals surface area contributed by atoms with E-state index in [1.54, 1.807) is 42.3 Å². The first-order valence-corrected chi connectivity index (χ1v) is 9.04. The molecule has 3 amide bonds. The van der Waals surface area contributed by atoms with Gasteiger partial charge in [0.25, 0.3) is 0 Å². The largest absolute Gasteiger partial charge is 0.497 e. The van der Waals surface area contributed by atoms with E-state index in [2.05, 4.69) is 5.32 Å². The van der Waals surface area contributed by atoms with E-state index >= 15 is 0 Å². The number of benzene rings is 2. The van der Waals surface area contributed by atoms with E-state index in [0.717, 1.165) is 11.4 Å². The summed E-state index contributed by atoms with van der Waals surface area (Å²) in [6.07, 6.45) is 0. The van der Waals surface area contributed by atoms with Gasteiger partial charge in [-0.3, -0.25) is 9.69 Å². The lowest BCUT2D eigenvalue weighted by Crippen LogP contribution is -2.37. The highest BCUT2D eigenvalue weighted by atomic mass is 16.6. The van der Waals surface area contributed by atoms with E-state index < -0.39 is 0 Å². The lowest BCUT2D eigenvalue weighted by Gasteiger charge is -2.20. The molecule has 28 heavy (non-hydrogen) atoms. The van der Waals surface area contributed by atoms with Gasteiger partial charge < -0.3 is 24.4 Å². The zero-order chi connectivity index (χ0) is 19.5. The zero-order valence-electron chi connectivity index (χ0n) is 15.5. The summed E-state index contributed by atoms with van der Waals surface area (Å²) in [5.41, 5.74) is 1.38. The SMILES string of the molecule is COc1ccc(N2CCN(CC(=O)Nc3ccc4c(c3)OCCO4)C2=O)cc1. The Bertz CT molecular complexity index is 884. The van der Waals surface area contributed by atoms with Gasteiger partial charge in [0.15, 0.2) is 11.5 Å². The van der Waals surface area contributed by atoms with E-state index in [1.807, 2.05) is 12.1 Å². The number of rotatable bonds is 5. The molecular weight excluding hydrogens is 362 g/mol. The Morgan fingerprint density at radius 2 is 1.82 bits per heavy atom. The standard InChI is InChI=1S/C20H21N3O5/c1-26-16-5-3-15(4-6-16)23-9-8-22(20(23)25)13-19(24)21-14-2-7-17-18(12-14)28-11-10-27-17/h2-7,12H,8-11,13H2,1H3,(H,21,24). The molecule has 0 aliphatic carbocycles. The Balaban J connectivity index is 1.36. The quantitative estimate of drug-likeness (QED) is 0.857. The van der Waals surface area contributed by atoms with Crippen molar-refractivity contribution >= 4 is 23.3 Å². The van der Waals surface area contributed by atoms with Gasteiger partial charge in [0.2, 0.25) is 5.91 Å². The number of nitrogens with zero attached hydrogens (tertiary/aromatic N) is 2. The van der Waals surface area contributed by atoms with Gasteiger partial charge in [-0.25, -0.2) is 4.79 Å². The highest BCUT2D eigenvalue weighted by Gasteiger charge is 2.30. The fourth-order valence-corrected chi connectivity index (χ4v) is 3.23. The number of hydrogen-bond acceptors (Lipinski definition) is 5. The normalized spacial score (nSPS) is 15.5. The van der Waals surface area contributed by atoms with Crippen molar-refractivity contribution in [2.45, 2.75) is 0 Å². The molecule has 8 heteroatoms. The fraction of sp³-hybridized carbons (Fsp3) is 0.300. The van der Waals surface area contributed by atoms with Gasteiger partial charge in [0, 0.05) is 30.5 Å². The van der Waals surface area contributed by atoms with Gasteiger partial charge in [-0.15, -0.1) is 0 Å². The molecule has 2 aliphatic rings. The predicted molar refractivity (Wildman–Crippen MR) is 103 cm³/mol. The summed E-state index contributed by atoms with van der Waals surface area (Å²) < 4.78 is 16.1. The van der Waals surface area contributed by atoms with Gasteiger partial charge >= 0.3 is 6.03 Å². The van der Waals surface area contributed by atoms with E-state index in [9.17, 15) is 9.59 Å². The number of urea groups is 1. The second kappa shape index (κ2) is 7.67. The minimum absolute atomic E-state index is 0.0140. The van der Waals surface area contributed by atoms with Crippen LogP contribution in [0.2, 0.25) is 0 Å². The Hall–Kier alpha value is -3.42. The molecule has 2 aromatic carbocycles. The Labute approximate surface area is 162 Å². The van der Waals surface area contributed by atoms with Crippen molar-refractivity contribution in [3.63, 3.8) is 0 Å². The van der Waals surface area contributed by atoms with Crippen molar-refractivity contribution in [1.29, 1.82) is 0 Å². The maximum Gasteiger partial charge on any atom is 0.325 e. The highest BCUT2D eigenvalue weighted by Crippen LogP contribution is 2.32. The van der Waals surface area contributed by atoms with Crippen molar-refractivity contribution in [1.82, 2.24) is 4.90 Å². The van der Waals surface area contributed by atoms with Crippen LogP contribution in [0, 0.1) is 0 Å². The topological polar surface area (TPSA) is 80.3 Å². The number of carbonyl (C=O) groups is 2. The smallest absolute Gasteiger partial charge is 0.325 e. The lowest BCUT2D eigenvalue weighted by atomic mass is 10.2. The van der Waals surface area contributed by atoms with Crippen LogP contribution in [0.25, 0.3) is 0 Å². The van der Waals surface area contributed by atoms with E-state index in [4.69, 9.17) is 14.2 Å². The molecule has 2 aliphatic heterocycles. The number of methoxy groups -OCH3 is 1. The monoisotopic (exact) mass is 383 g/mol. The van der Waals surface area contributed by atoms with Gasteiger partial charge in [-0.05, 0) is 36.4 Å². The van der Waals surface area contributed by atoms with Crippen LogP contribution >= 0.6 is 0 Å². The van der Waals surface area contributed by atoms with Crippen LogP contribution in [0.3, 0.4) is 0 Å². The second-order valence-electron chi connectivity index (χ2n) is 6.46. The van der Waals surface area contributed by atoms with Crippen molar-refractivity contribution < 1.29 is 23.8 Å². The van der Waals surface area contributed by atoms with Crippen molar-refractivity contribution in [3.05, 3.63) is 42.5 Å². The molecule has 1 fully saturated rings. The number of fused-ring (bicyclic) bond motifs is 1. The maximum absolute atomic E-state index is 12.6. The minimum atomic E-state index is -0.262. The van der Waals surface area contributed by atoms with E-state index in [0.29, 0.717) is 43.5 Å². The van der Waals surface area contributed by atoms with Gasteiger partial charge in [0.05, 0.1) is 7.11 Å². The summed E-state index contributed by atoms with van der Waals surface area (Å²) in [6, 6.07) is 12.3. The Morgan fingerprint density at radius 3 is 2.57 bits per heavy atom. The van der Waals surface area contributed by atoms with Crippen LogP contribution in [0.4, 0.5) is 16.2 Å². The van der Waals surface area contributed by atoms with Crippen molar-refractivity contribution in [2.75, 3.05) is 50.2 Å². The van der Waals surface area contributed by atoms with Crippen LogP contribution in [-0.4, -0.2) is 56.8 Å². The average molecular weight is 383 g/mol. The zero-order valence-corrected chi connectivity index (χ0v) is 15.5. The van der Waals surface area contributed by atoms with Gasteiger partial charge in [-0.1, -0.05) is 0 Å². The number of anilines is 2. The molecule has 8 nitrogen and oxygen atoms in total. The van der Waals surface area contributed by atoms with E-state index in [-0.39, 0.29) is 18.5 Å². The molecule has 1 N–H and O–H groups in total.